The number of sulfonamides is 1. The minimum atomic E-state index is -3.80. The van der Waals surface area contributed by atoms with E-state index in [4.69, 9.17) is 11.6 Å². The van der Waals surface area contributed by atoms with E-state index in [2.05, 4.69) is 14.7 Å². The van der Waals surface area contributed by atoms with Crippen LogP contribution in [0, 0.1) is 0 Å². The third-order valence-corrected chi connectivity index (χ3v) is 6.77. The second-order valence-corrected chi connectivity index (χ2v) is 9.05. The number of fused-ring (bicyclic) bond motifs is 1. The van der Waals surface area contributed by atoms with E-state index >= 15 is 0 Å². The number of benzene rings is 2. The predicted molar refractivity (Wildman–Crippen MR) is 111 cm³/mol. The van der Waals surface area contributed by atoms with E-state index in [9.17, 15) is 18.0 Å². The van der Waals surface area contributed by atoms with Crippen molar-refractivity contribution in [1.82, 2.24) is 4.98 Å². The summed E-state index contributed by atoms with van der Waals surface area (Å²) in [5.74, 6) is -0.824. The van der Waals surface area contributed by atoms with E-state index in [1.165, 1.54) is 30.5 Å². The molecule has 0 bridgehead atoms. The summed E-state index contributed by atoms with van der Waals surface area (Å²) in [7, 11) is -3.80. The van der Waals surface area contributed by atoms with Crippen LogP contribution >= 0.6 is 22.9 Å². The van der Waals surface area contributed by atoms with Gasteiger partial charge in [0, 0.05) is 22.7 Å². The van der Waals surface area contributed by atoms with Crippen molar-refractivity contribution in [3.05, 3.63) is 71.2 Å². The standard InChI is InChI=1S/C19H12ClN3O4S2/c20-15-16(18(25)14-4-2-1-3-13(14)17(15)24)22-11-5-7-12(8-6-11)29(26,27)23-19-21-9-10-28-19/h1-10,15H,(H,21,23). The van der Waals surface area contributed by atoms with E-state index < -0.39 is 27.0 Å². The number of aromatic nitrogens is 1. The molecule has 4 rings (SSSR count). The number of aliphatic imine (C=N–C) groups is 1. The lowest BCUT2D eigenvalue weighted by Crippen LogP contribution is -2.37. The molecule has 0 aliphatic heterocycles. The topological polar surface area (TPSA) is 106 Å². The molecule has 0 spiro atoms. The predicted octanol–water partition coefficient (Wildman–Crippen LogP) is 3.70. The number of carbonyl (C=O) groups is 2. The average molecular weight is 446 g/mol. The van der Waals surface area contributed by atoms with Gasteiger partial charge in [0.25, 0.3) is 10.0 Å². The van der Waals surface area contributed by atoms with E-state index in [1.807, 2.05) is 0 Å². The number of hydrogen-bond donors (Lipinski definition) is 1. The molecule has 7 nitrogen and oxygen atoms in total. The quantitative estimate of drug-likeness (QED) is 0.616. The highest BCUT2D eigenvalue weighted by Crippen LogP contribution is 2.26. The van der Waals surface area contributed by atoms with Crippen LogP contribution in [0.25, 0.3) is 0 Å². The second kappa shape index (κ2) is 7.51. The lowest BCUT2D eigenvalue weighted by Gasteiger charge is -2.19. The van der Waals surface area contributed by atoms with Crippen LogP contribution in [-0.2, 0) is 10.0 Å². The third kappa shape index (κ3) is 3.71. The van der Waals surface area contributed by atoms with Crippen LogP contribution in [-0.4, -0.2) is 36.1 Å². The molecule has 1 N–H and O–H groups in total. The molecule has 1 atom stereocenters. The highest BCUT2D eigenvalue weighted by molar-refractivity contribution is 7.93. The van der Waals surface area contributed by atoms with Crippen molar-refractivity contribution in [2.24, 2.45) is 4.99 Å². The highest BCUT2D eigenvalue weighted by atomic mass is 35.5. The second-order valence-electron chi connectivity index (χ2n) is 6.04. The van der Waals surface area contributed by atoms with Gasteiger partial charge in [-0.3, -0.25) is 14.3 Å². The molecule has 0 saturated heterocycles. The molecule has 146 valence electrons. The van der Waals surface area contributed by atoms with Crippen molar-refractivity contribution in [3.63, 3.8) is 0 Å². The summed E-state index contributed by atoms with van der Waals surface area (Å²) in [6.45, 7) is 0. The van der Waals surface area contributed by atoms with Gasteiger partial charge in [0.2, 0.25) is 5.78 Å². The Morgan fingerprint density at radius 1 is 1.03 bits per heavy atom. The van der Waals surface area contributed by atoms with Gasteiger partial charge in [0.1, 0.15) is 11.1 Å². The number of hydrogen-bond acceptors (Lipinski definition) is 7. The number of Topliss-reactive ketones (excluding diaryl/α,β-unsaturated/α-hetero) is 2. The fourth-order valence-electron chi connectivity index (χ4n) is 2.80. The first-order chi connectivity index (χ1) is 13.9. The molecule has 2 aromatic carbocycles. The van der Waals surface area contributed by atoms with E-state index in [0.717, 1.165) is 11.3 Å². The van der Waals surface area contributed by atoms with Gasteiger partial charge in [-0.1, -0.05) is 24.3 Å². The highest BCUT2D eigenvalue weighted by Gasteiger charge is 2.37. The van der Waals surface area contributed by atoms with Crippen molar-refractivity contribution in [2.45, 2.75) is 10.3 Å². The number of rotatable bonds is 4. The van der Waals surface area contributed by atoms with Crippen molar-refractivity contribution < 1.29 is 18.0 Å². The number of carbonyl (C=O) groups excluding carboxylic acids is 2. The van der Waals surface area contributed by atoms with Gasteiger partial charge < -0.3 is 0 Å². The number of nitrogens with zero attached hydrogens (tertiary/aromatic N) is 2. The van der Waals surface area contributed by atoms with E-state index in [0.29, 0.717) is 5.69 Å². The van der Waals surface area contributed by atoms with Crippen LogP contribution in [0.3, 0.4) is 0 Å². The summed E-state index contributed by atoms with van der Waals surface area (Å²) in [4.78, 5) is 33.3. The maximum Gasteiger partial charge on any atom is 0.263 e. The molecule has 0 radical (unpaired) electrons. The Bertz CT molecular complexity index is 1240. The SMILES string of the molecule is O=C1C(=Nc2ccc(S(=O)(=O)Nc3nccs3)cc2)C(Cl)C(=O)c2ccccc21. The summed E-state index contributed by atoms with van der Waals surface area (Å²) in [5, 5.41) is 0.705. The molecule has 1 aliphatic carbocycles. The molecule has 1 aliphatic rings. The number of alkyl halides is 1. The van der Waals surface area contributed by atoms with Gasteiger partial charge >= 0.3 is 0 Å². The minimum Gasteiger partial charge on any atom is -0.292 e. The maximum absolute atomic E-state index is 12.7. The fourth-order valence-corrected chi connectivity index (χ4v) is 4.86. The zero-order valence-corrected chi connectivity index (χ0v) is 17.0. The monoisotopic (exact) mass is 445 g/mol. The van der Waals surface area contributed by atoms with Crippen LogP contribution in [0.2, 0.25) is 0 Å². The summed E-state index contributed by atoms with van der Waals surface area (Å²) in [5.41, 5.74) is 0.734. The van der Waals surface area contributed by atoms with Gasteiger partial charge in [0.15, 0.2) is 10.9 Å². The van der Waals surface area contributed by atoms with Crippen LogP contribution in [0.15, 0.2) is 70.0 Å². The Balaban J connectivity index is 1.64. The number of ketones is 2. The third-order valence-electron chi connectivity index (χ3n) is 4.19. The minimum absolute atomic E-state index is 0.00969. The Kier molecular flexibility index (Phi) is 5.03. The molecular weight excluding hydrogens is 434 g/mol. The number of thiazole rings is 1. The Morgan fingerprint density at radius 2 is 1.72 bits per heavy atom. The van der Waals surface area contributed by atoms with Gasteiger partial charge in [0.05, 0.1) is 10.6 Å². The van der Waals surface area contributed by atoms with Gasteiger partial charge in [-0.25, -0.2) is 18.4 Å². The van der Waals surface area contributed by atoms with Crippen molar-refractivity contribution in [1.29, 1.82) is 0 Å². The molecule has 0 saturated carbocycles. The van der Waals surface area contributed by atoms with Crippen LogP contribution in [0.1, 0.15) is 20.7 Å². The van der Waals surface area contributed by atoms with Crippen molar-refractivity contribution in [3.8, 4) is 0 Å². The molecule has 29 heavy (non-hydrogen) atoms. The zero-order valence-electron chi connectivity index (χ0n) is 14.6. The first kappa shape index (κ1) is 19.4. The van der Waals surface area contributed by atoms with E-state index in [1.54, 1.807) is 29.6 Å². The summed E-state index contributed by atoms with van der Waals surface area (Å²) in [6.07, 6.45) is 1.49. The molecule has 1 unspecified atom stereocenters. The van der Waals surface area contributed by atoms with Crippen molar-refractivity contribution in [2.75, 3.05) is 4.72 Å². The summed E-state index contributed by atoms with van der Waals surface area (Å²) in [6, 6.07) is 12.0. The fraction of sp³-hybridized carbons (Fsp3) is 0.0526. The first-order valence-corrected chi connectivity index (χ1v) is 11.1. The van der Waals surface area contributed by atoms with Crippen LogP contribution < -0.4 is 4.72 Å². The first-order valence-electron chi connectivity index (χ1n) is 8.30. The Morgan fingerprint density at radius 3 is 2.38 bits per heavy atom. The summed E-state index contributed by atoms with van der Waals surface area (Å²) >= 11 is 7.33. The Labute approximate surface area is 175 Å². The van der Waals surface area contributed by atoms with E-state index in [-0.39, 0.29) is 26.9 Å². The van der Waals surface area contributed by atoms with Crippen LogP contribution in [0.5, 0.6) is 0 Å². The Hall–Kier alpha value is -2.88. The van der Waals surface area contributed by atoms with Gasteiger partial charge in [-0.05, 0) is 24.3 Å². The van der Waals surface area contributed by atoms with Gasteiger partial charge in [-0.15, -0.1) is 22.9 Å². The molecular formula is C19H12ClN3O4S2. The molecule has 0 amide bonds. The lowest BCUT2D eigenvalue weighted by atomic mass is 9.88. The largest absolute Gasteiger partial charge is 0.292 e. The molecule has 3 aromatic rings. The number of nitrogens with one attached hydrogen (secondary N) is 1. The maximum atomic E-state index is 12.7. The van der Waals surface area contributed by atoms with Crippen molar-refractivity contribution >= 4 is 61.1 Å². The average Bonchev–Trinajstić information content (AvgIpc) is 3.22. The molecule has 10 heteroatoms. The lowest BCUT2D eigenvalue weighted by molar-refractivity contribution is 0.0968. The molecule has 0 fully saturated rings. The molecule has 1 aromatic heterocycles. The smallest absolute Gasteiger partial charge is 0.263 e. The zero-order chi connectivity index (χ0) is 20.6. The number of anilines is 1. The normalized spacial score (nSPS) is 18.0. The summed E-state index contributed by atoms with van der Waals surface area (Å²) < 4.78 is 27.1. The molecule has 1 heterocycles. The van der Waals surface area contributed by atoms with Gasteiger partial charge in [-0.2, -0.15) is 0 Å². The number of halogens is 1. The van der Waals surface area contributed by atoms with Crippen LogP contribution in [0.4, 0.5) is 10.8 Å².